The van der Waals surface area contributed by atoms with Crippen LogP contribution in [-0.4, -0.2) is 51.3 Å². The quantitative estimate of drug-likeness (QED) is 0.537. The fourth-order valence-electron chi connectivity index (χ4n) is 5.58. The first kappa shape index (κ1) is 19.2. The van der Waals surface area contributed by atoms with Crippen LogP contribution >= 0.6 is 0 Å². The molecule has 1 aliphatic heterocycles. The normalized spacial score (nSPS) is 27.9. The number of nitrogens with zero attached hydrogens (tertiary/aromatic N) is 1. The van der Waals surface area contributed by atoms with Crippen molar-refractivity contribution >= 4 is 11.9 Å². The number of carbonyl (C=O) groups is 1. The van der Waals surface area contributed by atoms with E-state index in [9.17, 15) is 4.79 Å². The smallest absolute Gasteiger partial charge is 0.251 e. The van der Waals surface area contributed by atoms with Crippen molar-refractivity contribution in [2.75, 3.05) is 27.2 Å². The molecule has 3 aliphatic rings. The van der Waals surface area contributed by atoms with Gasteiger partial charge in [-0.15, -0.1) is 0 Å². The summed E-state index contributed by atoms with van der Waals surface area (Å²) >= 11 is 0. The molecule has 0 aromatic heterocycles. The second kappa shape index (κ2) is 8.11. The first-order chi connectivity index (χ1) is 13.7. The van der Waals surface area contributed by atoms with Crippen LogP contribution in [0.5, 0.6) is 0 Å². The predicted molar refractivity (Wildman–Crippen MR) is 111 cm³/mol. The number of rotatable bonds is 5. The molecule has 1 amide bonds. The minimum absolute atomic E-state index is 0.0486. The van der Waals surface area contributed by atoms with Gasteiger partial charge in [0.2, 0.25) is 0 Å². The summed E-state index contributed by atoms with van der Waals surface area (Å²) in [5.41, 5.74) is 2.16. The lowest BCUT2D eigenvalue weighted by Gasteiger charge is -2.57. The third kappa shape index (κ3) is 3.39. The zero-order valence-electron chi connectivity index (χ0n) is 17.0. The monoisotopic (exact) mass is 384 g/mol. The Morgan fingerprint density at radius 1 is 1.32 bits per heavy atom. The first-order valence-electron chi connectivity index (χ1n) is 10.6. The third-order valence-corrected chi connectivity index (χ3v) is 6.92. The van der Waals surface area contributed by atoms with E-state index in [-0.39, 0.29) is 5.91 Å². The van der Waals surface area contributed by atoms with Crippen molar-refractivity contribution in [3.63, 3.8) is 0 Å². The molecule has 3 N–H and O–H groups in total. The summed E-state index contributed by atoms with van der Waals surface area (Å²) in [5.74, 6) is 1.46. The van der Waals surface area contributed by atoms with Crippen molar-refractivity contribution in [3.8, 4) is 0 Å². The Bertz CT molecular complexity index is 742. The first-order valence-corrected chi connectivity index (χ1v) is 10.6. The summed E-state index contributed by atoms with van der Waals surface area (Å²) in [6, 6.07) is 8.27. The lowest BCUT2D eigenvalue weighted by Crippen LogP contribution is -2.69. The molecule has 3 atom stereocenters. The molecule has 2 aliphatic carbocycles. The number of benzene rings is 1. The maximum atomic E-state index is 11.8. The number of hydrogen-bond acceptors (Lipinski definition) is 3. The van der Waals surface area contributed by atoms with Crippen LogP contribution < -0.4 is 16.0 Å². The van der Waals surface area contributed by atoms with Crippen LogP contribution in [0.25, 0.3) is 0 Å². The summed E-state index contributed by atoms with van der Waals surface area (Å²) in [4.78, 5) is 16.3. The van der Waals surface area contributed by atoms with E-state index in [0.29, 0.717) is 29.0 Å². The molecule has 0 bridgehead atoms. The van der Waals surface area contributed by atoms with Crippen LogP contribution in [0.4, 0.5) is 0 Å². The van der Waals surface area contributed by atoms with Gasteiger partial charge in [-0.1, -0.05) is 25.0 Å². The second-order valence-corrected chi connectivity index (χ2v) is 8.33. The summed E-state index contributed by atoms with van der Waals surface area (Å²) in [5, 5.41) is 9.87. The Hall–Kier alpha value is -2.08. The number of fused-ring (bicyclic) bond motifs is 2. The number of aliphatic imine (C=N–C) groups is 1. The van der Waals surface area contributed by atoms with E-state index in [4.69, 9.17) is 4.74 Å². The maximum Gasteiger partial charge on any atom is 0.251 e. The molecule has 6 heteroatoms. The zero-order valence-corrected chi connectivity index (χ0v) is 17.0. The third-order valence-electron chi connectivity index (χ3n) is 6.92. The van der Waals surface area contributed by atoms with E-state index in [0.717, 1.165) is 37.5 Å². The minimum Gasteiger partial charge on any atom is -0.377 e. The molecule has 3 unspecified atom stereocenters. The fourth-order valence-corrected chi connectivity index (χ4v) is 5.58. The van der Waals surface area contributed by atoms with Gasteiger partial charge in [-0.25, -0.2) is 0 Å². The van der Waals surface area contributed by atoms with E-state index in [1.807, 2.05) is 25.2 Å². The average molecular weight is 385 g/mol. The molecule has 3 fully saturated rings. The number of ether oxygens (including phenoxy) is 1. The zero-order chi connectivity index (χ0) is 19.6. The van der Waals surface area contributed by atoms with Crippen LogP contribution in [-0.2, 0) is 11.2 Å². The number of nitrogens with one attached hydrogen (secondary N) is 3. The Labute approximate surface area is 167 Å². The highest BCUT2D eigenvalue weighted by Gasteiger charge is 2.65. The molecule has 28 heavy (non-hydrogen) atoms. The highest BCUT2D eigenvalue weighted by atomic mass is 16.5. The van der Waals surface area contributed by atoms with E-state index < -0.39 is 0 Å². The van der Waals surface area contributed by atoms with E-state index >= 15 is 0 Å². The molecule has 1 saturated heterocycles. The number of guanidine groups is 1. The van der Waals surface area contributed by atoms with Crippen molar-refractivity contribution < 1.29 is 9.53 Å². The van der Waals surface area contributed by atoms with Gasteiger partial charge in [0, 0.05) is 50.2 Å². The van der Waals surface area contributed by atoms with E-state index in [2.05, 4.69) is 27.0 Å². The predicted octanol–water partition coefficient (Wildman–Crippen LogP) is 2.10. The highest BCUT2D eigenvalue weighted by Crippen LogP contribution is 2.60. The molecule has 0 radical (unpaired) electrons. The van der Waals surface area contributed by atoms with Gasteiger partial charge in [0.25, 0.3) is 5.91 Å². The minimum atomic E-state index is -0.0486. The van der Waals surface area contributed by atoms with Gasteiger partial charge < -0.3 is 20.7 Å². The van der Waals surface area contributed by atoms with E-state index in [1.54, 1.807) is 7.05 Å². The van der Waals surface area contributed by atoms with Crippen molar-refractivity contribution in [1.82, 2.24) is 16.0 Å². The molecule has 1 spiro atoms. The van der Waals surface area contributed by atoms with E-state index in [1.165, 1.54) is 25.7 Å². The molecular weight excluding hydrogens is 352 g/mol. The maximum absolute atomic E-state index is 11.8. The number of carbonyl (C=O) groups excluding carboxylic acids is 1. The molecule has 1 heterocycles. The van der Waals surface area contributed by atoms with Crippen LogP contribution in [0.3, 0.4) is 0 Å². The standard InChI is InChI=1S/C22H32N4O2/c1-23-20(27)16-7-5-6-15(14-16)8-12-25-21(24-2)26-18-17-9-13-28-19(17)22(18)10-3-4-11-22/h5-7,14,17-19H,3-4,8-13H2,1-2H3,(H,23,27)(H2,24,25,26). The van der Waals surface area contributed by atoms with Gasteiger partial charge in [0.1, 0.15) is 0 Å². The molecule has 2 saturated carbocycles. The van der Waals surface area contributed by atoms with Crippen molar-refractivity contribution in [2.45, 2.75) is 50.7 Å². The van der Waals surface area contributed by atoms with Gasteiger partial charge in [-0.3, -0.25) is 9.79 Å². The fraction of sp³-hybridized carbons (Fsp3) is 0.636. The highest BCUT2D eigenvalue weighted by molar-refractivity contribution is 5.94. The largest absolute Gasteiger partial charge is 0.377 e. The molecule has 152 valence electrons. The molecule has 6 nitrogen and oxygen atoms in total. The second-order valence-electron chi connectivity index (χ2n) is 8.33. The van der Waals surface area contributed by atoms with Crippen LogP contribution in [0, 0.1) is 11.3 Å². The summed E-state index contributed by atoms with van der Waals surface area (Å²) in [6.07, 6.45) is 7.64. The van der Waals surface area contributed by atoms with Crippen LogP contribution in [0.15, 0.2) is 29.3 Å². The van der Waals surface area contributed by atoms with Crippen molar-refractivity contribution in [1.29, 1.82) is 0 Å². The number of amides is 1. The molecular formula is C22H32N4O2. The lowest BCUT2D eigenvalue weighted by molar-refractivity contribution is -0.125. The van der Waals surface area contributed by atoms with Gasteiger partial charge in [0.05, 0.1) is 6.10 Å². The van der Waals surface area contributed by atoms with Gasteiger partial charge >= 0.3 is 0 Å². The Morgan fingerprint density at radius 2 is 2.14 bits per heavy atom. The topological polar surface area (TPSA) is 74.8 Å². The average Bonchev–Trinajstić information content (AvgIpc) is 3.39. The van der Waals surface area contributed by atoms with Gasteiger partial charge in [-0.05, 0) is 43.4 Å². The Morgan fingerprint density at radius 3 is 2.89 bits per heavy atom. The van der Waals surface area contributed by atoms with Crippen LogP contribution in [0.2, 0.25) is 0 Å². The molecule has 4 rings (SSSR count). The number of hydrogen-bond donors (Lipinski definition) is 3. The summed E-state index contributed by atoms with van der Waals surface area (Å²) < 4.78 is 6.08. The summed E-state index contributed by atoms with van der Waals surface area (Å²) in [6.45, 7) is 1.68. The molecule has 1 aromatic carbocycles. The van der Waals surface area contributed by atoms with Crippen molar-refractivity contribution in [2.24, 2.45) is 16.3 Å². The van der Waals surface area contributed by atoms with Crippen molar-refractivity contribution in [3.05, 3.63) is 35.4 Å². The molecule has 1 aromatic rings. The lowest BCUT2D eigenvalue weighted by atomic mass is 9.54. The SMILES string of the molecule is CN=C(NCCc1cccc(C(=O)NC)c1)NC1C2CCOC2C12CCCC2. The Kier molecular flexibility index (Phi) is 5.58. The Balaban J connectivity index is 1.33. The van der Waals surface area contributed by atoms with Gasteiger partial charge in [0.15, 0.2) is 5.96 Å². The van der Waals surface area contributed by atoms with Gasteiger partial charge in [-0.2, -0.15) is 0 Å². The van der Waals surface area contributed by atoms with Crippen LogP contribution in [0.1, 0.15) is 48.0 Å². The summed E-state index contributed by atoms with van der Waals surface area (Å²) in [7, 11) is 3.49.